The molecular weight excluding hydrogens is 394 g/mol. The topological polar surface area (TPSA) is 88.5 Å². The van der Waals surface area contributed by atoms with Crippen molar-refractivity contribution in [1.82, 2.24) is 25.2 Å². The van der Waals surface area contributed by atoms with Crippen molar-refractivity contribution >= 4 is 5.91 Å². The summed E-state index contributed by atoms with van der Waals surface area (Å²) < 4.78 is 11.5. The van der Waals surface area contributed by atoms with Crippen molar-refractivity contribution in [1.29, 1.82) is 0 Å². The number of aromatic nitrogens is 3. The van der Waals surface area contributed by atoms with Gasteiger partial charge in [0.15, 0.2) is 0 Å². The summed E-state index contributed by atoms with van der Waals surface area (Å²) in [7, 11) is 0. The molecule has 8 heteroatoms. The second-order valence-electron chi connectivity index (χ2n) is 8.43. The Bertz CT molecular complexity index is 1060. The largest absolute Gasteiger partial charge is 0.419 e. The fourth-order valence-corrected chi connectivity index (χ4v) is 5.08. The van der Waals surface area contributed by atoms with Crippen LogP contribution in [-0.4, -0.2) is 56.2 Å². The van der Waals surface area contributed by atoms with E-state index in [9.17, 15) is 4.79 Å². The highest BCUT2D eigenvalue weighted by atomic mass is 16.5. The van der Waals surface area contributed by atoms with Crippen molar-refractivity contribution in [2.45, 2.75) is 58.2 Å². The van der Waals surface area contributed by atoms with Crippen LogP contribution in [0.1, 0.15) is 44.3 Å². The molecule has 0 radical (unpaired) electrons. The normalized spacial score (nSPS) is 21.8. The van der Waals surface area contributed by atoms with Crippen molar-refractivity contribution in [2.24, 2.45) is 0 Å². The van der Waals surface area contributed by atoms with E-state index in [2.05, 4.69) is 20.3 Å². The average Bonchev–Trinajstić information content (AvgIpc) is 3.55. The van der Waals surface area contributed by atoms with Gasteiger partial charge in [0, 0.05) is 31.1 Å². The maximum absolute atomic E-state index is 12.0. The predicted octanol–water partition coefficient (Wildman–Crippen LogP) is 3.68. The van der Waals surface area contributed by atoms with Crippen LogP contribution < -0.4 is 0 Å². The van der Waals surface area contributed by atoms with Gasteiger partial charge in [-0.25, -0.2) is 0 Å². The molecule has 0 bridgehead atoms. The molecule has 3 aromatic rings. The molecule has 2 aliphatic heterocycles. The van der Waals surface area contributed by atoms with Gasteiger partial charge in [-0.05, 0) is 39.2 Å². The molecule has 0 N–H and O–H groups in total. The Morgan fingerprint density at radius 1 is 1.10 bits per heavy atom. The van der Waals surface area contributed by atoms with Gasteiger partial charge in [-0.15, -0.1) is 10.2 Å². The van der Waals surface area contributed by atoms with Crippen LogP contribution >= 0.6 is 0 Å². The lowest BCUT2D eigenvalue weighted by Crippen LogP contribution is -2.47. The molecule has 2 fully saturated rings. The lowest BCUT2D eigenvalue weighted by molar-refractivity contribution is -0.130. The molecule has 2 atom stereocenters. The van der Waals surface area contributed by atoms with E-state index in [0.29, 0.717) is 35.8 Å². The SMILES string of the molecule is CC(=O)N1CCCC1C1CCCN1Cc1nnc(-c2c(-c3ccccc3)noc2C)o1. The molecule has 1 aromatic carbocycles. The number of hydrogen-bond donors (Lipinski definition) is 0. The molecule has 4 heterocycles. The average molecular weight is 422 g/mol. The highest BCUT2D eigenvalue weighted by molar-refractivity contribution is 5.77. The van der Waals surface area contributed by atoms with Crippen molar-refractivity contribution in [3.63, 3.8) is 0 Å². The van der Waals surface area contributed by atoms with E-state index in [-0.39, 0.29) is 11.9 Å². The lowest BCUT2D eigenvalue weighted by Gasteiger charge is -2.34. The minimum atomic E-state index is 0.172. The van der Waals surface area contributed by atoms with E-state index in [4.69, 9.17) is 8.94 Å². The van der Waals surface area contributed by atoms with Crippen LogP contribution in [0.25, 0.3) is 22.7 Å². The highest BCUT2D eigenvalue weighted by Gasteiger charge is 2.39. The molecule has 2 aromatic heterocycles. The van der Waals surface area contributed by atoms with Crippen LogP contribution in [-0.2, 0) is 11.3 Å². The number of carbonyl (C=O) groups is 1. The van der Waals surface area contributed by atoms with Gasteiger partial charge in [0.2, 0.25) is 11.8 Å². The summed E-state index contributed by atoms with van der Waals surface area (Å²) in [5.74, 6) is 1.82. The Balaban J connectivity index is 1.36. The molecule has 0 aliphatic carbocycles. The Hall–Kier alpha value is -3.00. The van der Waals surface area contributed by atoms with Crippen molar-refractivity contribution < 1.29 is 13.7 Å². The summed E-state index contributed by atoms with van der Waals surface area (Å²) in [5, 5.41) is 12.8. The molecule has 1 amide bonds. The zero-order chi connectivity index (χ0) is 21.4. The molecule has 162 valence electrons. The summed E-state index contributed by atoms with van der Waals surface area (Å²) in [6.45, 7) is 5.96. The number of amides is 1. The van der Waals surface area contributed by atoms with Gasteiger partial charge in [-0.3, -0.25) is 9.69 Å². The Morgan fingerprint density at radius 3 is 2.68 bits per heavy atom. The first-order valence-electron chi connectivity index (χ1n) is 11.0. The number of carbonyl (C=O) groups excluding carboxylic acids is 1. The summed E-state index contributed by atoms with van der Waals surface area (Å²) in [4.78, 5) is 16.5. The van der Waals surface area contributed by atoms with Crippen LogP contribution in [0.3, 0.4) is 0 Å². The molecule has 8 nitrogen and oxygen atoms in total. The number of likely N-dealkylation sites (tertiary alicyclic amines) is 2. The van der Waals surface area contributed by atoms with Gasteiger partial charge in [0.25, 0.3) is 5.89 Å². The first kappa shape index (κ1) is 19.9. The first-order chi connectivity index (χ1) is 15.1. The molecule has 0 saturated carbocycles. The van der Waals surface area contributed by atoms with Gasteiger partial charge in [0.1, 0.15) is 17.0 Å². The second kappa shape index (κ2) is 8.26. The standard InChI is InChI=1S/C23H27N5O3/c1-15-21(22(26-31-15)17-8-4-3-5-9-17)23-25-24-20(30-23)14-27-12-6-10-18(27)19-11-7-13-28(19)16(2)29/h3-5,8-9,18-19H,6-7,10-14H2,1-2H3. The number of benzene rings is 1. The zero-order valence-electron chi connectivity index (χ0n) is 18.0. The van der Waals surface area contributed by atoms with Crippen molar-refractivity contribution in [2.75, 3.05) is 13.1 Å². The van der Waals surface area contributed by atoms with Gasteiger partial charge in [0.05, 0.1) is 6.54 Å². The number of nitrogens with zero attached hydrogens (tertiary/aromatic N) is 5. The zero-order valence-corrected chi connectivity index (χ0v) is 18.0. The molecule has 2 aliphatic rings. The molecule has 2 saturated heterocycles. The monoisotopic (exact) mass is 421 g/mol. The second-order valence-corrected chi connectivity index (χ2v) is 8.43. The van der Waals surface area contributed by atoms with Crippen LogP contribution in [0.15, 0.2) is 39.3 Å². The molecule has 31 heavy (non-hydrogen) atoms. The third kappa shape index (κ3) is 3.76. The van der Waals surface area contributed by atoms with E-state index in [1.165, 1.54) is 0 Å². The van der Waals surface area contributed by atoms with Crippen LogP contribution in [0, 0.1) is 6.92 Å². The highest BCUT2D eigenvalue weighted by Crippen LogP contribution is 2.34. The van der Waals surface area contributed by atoms with Crippen LogP contribution in [0.4, 0.5) is 0 Å². The summed E-state index contributed by atoms with van der Waals surface area (Å²) >= 11 is 0. The first-order valence-corrected chi connectivity index (χ1v) is 11.0. The number of hydrogen-bond acceptors (Lipinski definition) is 7. The maximum atomic E-state index is 12.0. The van der Waals surface area contributed by atoms with E-state index < -0.39 is 0 Å². The van der Waals surface area contributed by atoms with Gasteiger partial charge < -0.3 is 13.8 Å². The van der Waals surface area contributed by atoms with E-state index >= 15 is 0 Å². The fraction of sp³-hybridized carbons (Fsp3) is 0.478. The number of rotatable bonds is 5. The smallest absolute Gasteiger partial charge is 0.253 e. The van der Waals surface area contributed by atoms with Crippen LogP contribution in [0.5, 0.6) is 0 Å². The van der Waals surface area contributed by atoms with E-state index in [1.807, 2.05) is 42.2 Å². The third-order valence-electron chi connectivity index (χ3n) is 6.49. The Labute approximate surface area is 181 Å². The lowest BCUT2D eigenvalue weighted by atomic mass is 10.0. The van der Waals surface area contributed by atoms with E-state index in [1.54, 1.807) is 6.92 Å². The van der Waals surface area contributed by atoms with Gasteiger partial charge >= 0.3 is 0 Å². The van der Waals surface area contributed by atoms with Crippen molar-refractivity contribution in [3.05, 3.63) is 42.0 Å². The minimum absolute atomic E-state index is 0.172. The molecular formula is C23H27N5O3. The quantitative estimate of drug-likeness (QED) is 0.621. The fourth-order valence-electron chi connectivity index (χ4n) is 5.08. The Morgan fingerprint density at radius 2 is 1.87 bits per heavy atom. The van der Waals surface area contributed by atoms with Gasteiger partial charge in [-0.2, -0.15) is 0 Å². The maximum Gasteiger partial charge on any atom is 0.253 e. The Kier molecular flexibility index (Phi) is 5.31. The molecule has 2 unspecified atom stereocenters. The minimum Gasteiger partial charge on any atom is -0.419 e. The summed E-state index contributed by atoms with van der Waals surface area (Å²) in [5.41, 5.74) is 2.39. The third-order valence-corrected chi connectivity index (χ3v) is 6.49. The number of aryl methyl sites for hydroxylation is 1. The summed E-state index contributed by atoms with van der Waals surface area (Å²) in [6, 6.07) is 10.5. The summed E-state index contributed by atoms with van der Waals surface area (Å²) in [6.07, 6.45) is 4.36. The van der Waals surface area contributed by atoms with Crippen LogP contribution in [0.2, 0.25) is 0 Å². The van der Waals surface area contributed by atoms with Gasteiger partial charge in [-0.1, -0.05) is 35.5 Å². The van der Waals surface area contributed by atoms with E-state index in [0.717, 1.165) is 49.9 Å². The van der Waals surface area contributed by atoms with Crippen molar-refractivity contribution in [3.8, 4) is 22.7 Å². The molecule has 0 spiro atoms. The molecule has 5 rings (SSSR count). The predicted molar refractivity (Wildman–Crippen MR) is 114 cm³/mol.